The molecule has 3 rings (SSSR count). The number of benzene rings is 1. The molecule has 168 valence electrons. The average Bonchev–Trinajstić information content (AvgIpc) is 3.28. The number of thiocarbonyl (C=S) groups is 1. The van der Waals surface area contributed by atoms with Crippen LogP contribution in [-0.4, -0.2) is 72.9 Å². The van der Waals surface area contributed by atoms with Crippen LogP contribution in [0.15, 0.2) is 24.3 Å². The number of amides is 2. The molecule has 0 aliphatic carbocycles. The summed E-state index contributed by atoms with van der Waals surface area (Å²) >= 11 is 5.38. The van der Waals surface area contributed by atoms with E-state index in [4.69, 9.17) is 26.4 Å². The number of esters is 1. The fourth-order valence-corrected chi connectivity index (χ4v) is 3.79. The molecule has 2 amide bonds. The van der Waals surface area contributed by atoms with Crippen LogP contribution in [0.5, 0.6) is 5.75 Å². The van der Waals surface area contributed by atoms with Crippen LogP contribution in [0, 0.1) is 0 Å². The van der Waals surface area contributed by atoms with E-state index in [0.29, 0.717) is 37.6 Å². The van der Waals surface area contributed by atoms with Crippen molar-refractivity contribution in [1.82, 2.24) is 15.5 Å². The van der Waals surface area contributed by atoms with Crippen LogP contribution in [0.2, 0.25) is 0 Å². The Labute approximate surface area is 186 Å². The lowest BCUT2D eigenvalue weighted by Gasteiger charge is -2.36. The number of hydrogen-bond acceptors (Lipinski definition) is 7. The van der Waals surface area contributed by atoms with E-state index in [9.17, 15) is 14.4 Å². The fourth-order valence-electron chi connectivity index (χ4n) is 3.47. The van der Waals surface area contributed by atoms with Gasteiger partial charge in [-0.2, -0.15) is 0 Å². The number of carbonyl (C=O) groups is 3. The molecule has 1 aromatic rings. The van der Waals surface area contributed by atoms with E-state index >= 15 is 0 Å². The van der Waals surface area contributed by atoms with Crippen LogP contribution in [0.1, 0.15) is 36.5 Å². The van der Waals surface area contributed by atoms with Crippen LogP contribution in [0.4, 0.5) is 0 Å². The first kappa shape index (κ1) is 23.0. The monoisotopic (exact) mass is 449 g/mol. The van der Waals surface area contributed by atoms with E-state index in [1.165, 1.54) is 0 Å². The van der Waals surface area contributed by atoms with Gasteiger partial charge in [0.25, 0.3) is 5.91 Å². The molecule has 0 aromatic heterocycles. The molecule has 2 atom stereocenters. The van der Waals surface area contributed by atoms with E-state index in [0.717, 1.165) is 12.8 Å². The molecule has 2 N–H and O–H groups in total. The Kier molecular flexibility index (Phi) is 8.19. The molecule has 31 heavy (non-hydrogen) atoms. The third kappa shape index (κ3) is 6.38. The van der Waals surface area contributed by atoms with Crippen molar-refractivity contribution in [2.75, 3.05) is 32.9 Å². The molecular weight excluding hydrogens is 422 g/mol. The number of hydrogen-bond donors (Lipinski definition) is 2. The SMILES string of the molecule is CCOc1cccc(C(=O)NC(=S)N2CCNC(=O)C2CC(=O)OCC2CCCO2)c1. The number of nitrogens with one attached hydrogen (secondary N) is 2. The molecule has 2 unspecified atom stereocenters. The summed E-state index contributed by atoms with van der Waals surface area (Å²) in [4.78, 5) is 38.9. The summed E-state index contributed by atoms with van der Waals surface area (Å²) < 4.78 is 16.1. The van der Waals surface area contributed by atoms with Gasteiger partial charge in [0.15, 0.2) is 5.11 Å². The molecule has 1 aromatic carbocycles. The van der Waals surface area contributed by atoms with Crippen LogP contribution in [0.25, 0.3) is 0 Å². The lowest BCUT2D eigenvalue weighted by Crippen LogP contribution is -2.60. The zero-order valence-electron chi connectivity index (χ0n) is 17.4. The van der Waals surface area contributed by atoms with Gasteiger partial charge in [-0.3, -0.25) is 19.7 Å². The zero-order valence-corrected chi connectivity index (χ0v) is 18.2. The van der Waals surface area contributed by atoms with E-state index in [-0.39, 0.29) is 30.2 Å². The third-order valence-corrected chi connectivity index (χ3v) is 5.37. The van der Waals surface area contributed by atoms with Gasteiger partial charge < -0.3 is 24.4 Å². The fraction of sp³-hybridized carbons (Fsp3) is 0.524. The van der Waals surface area contributed by atoms with Gasteiger partial charge in [0.05, 0.1) is 19.1 Å². The molecular formula is C21H27N3O6S. The lowest BCUT2D eigenvalue weighted by molar-refractivity contribution is -0.150. The summed E-state index contributed by atoms with van der Waals surface area (Å²) in [5.41, 5.74) is 0.377. The number of piperazine rings is 1. The standard InChI is InChI=1S/C21H27N3O6S/c1-2-28-15-6-3-5-14(11-15)19(26)23-21(31)24-9-8-22-20(27)17(24)12-18(25)30-13-16-7-4-10-29-16/h3,5-6,11,16-17H,2,4,7-10,12-13H2,1H3,(H,22,27)(H,23,26,31). The second-order valence-electron chi connectivity index (χ2n) is 7.24. The van der Waals surface area contributed by atoms with Crippen LogP contribution >= 0.6 is 12.2 Å². The number of nitrogens with zero attached hydrogens (tertiary/aromatic N) is 1. The first-order valence-corrected chi connectivity index (χ1v) is 10.8. The summed E-state index contributed by atoms with van der Waals surface area (Å²) in [7, 11) is 0. The van der Waals surface area contributed by atoms with Crippen molar-refractivity contribution in [3.8, 4) is 5.75 Å². The lowest BCUT2D eigenvalue weighted by atomic mass is 10.1. The highest BCUT2D eigenvalue weighted by Gasteiger charge is 2.34. The van der Waals surface area contributed by atoms with Crippen molar-refractivity contribution in [2.45, 2.75) is 38.3 Å². The van der Waals surface area contributed by atoms with Crippen LogP contribution in [0.3, 0.4) is 0 Å². The predicted molar refractivity (Wildman–Crippen MR) is 116 cm³/mol. The van der Waals surface area contributed by atoms with Gasteiger partial charge in [-0.15, -0.1) is 0 Å². The maximum atomic E-state index is 12.6. The van der Waals surface area contributed by atoms with Crippen molar-refractivity contribution in [3.05, 3.63) is 29.8 Å². The van der Waals surface area contributed by atoms with Gasteiger partial charge in [-0.05, 0) is 50.2 Å². The smallest absolute Gasteiger partial charge is 0.308 e. The predicted octanol–water partition coefficient (Wildman–Crippen LogP) is 1.01. The quantitative estimate of drug-likeness (QED) is 0.469. The molecule has 0 bridgehead atoms. The second kappa shape index (κ2) is 11.1. The zero-order chi connectivity index (χ0) is 22.2. The Balaban J connectivity index is 1.59. The van der Waals surface area contributed by atoms with Crippen molar-refractivity contribution >= 4 is 35.1 Å². The highest BCUT2D eigenvalue weighted by Crippen LogP contribution is 2.16. The van der Waals surface area contributed by atoms with Gasteiger partial charge in [-0.25, -0.2) is 0 Å². The van der Waals surface area contributed by atoms with Gasteiger partial charge in [-0.1, -0.05) is 6.07 Å². The maximum absolute atomic E-state index is 12.6. The normalized spacial score (nSPS) is 20.7. The maximum Gasteiger partial charge on any atom is 0.308 e. The minimum atomic E-state index is -0.853. The van der Waals surface area contributed by atoms with E-state index in [1.54, 1.807) is 29.2 Å². The first-order valence-electron chi connectivity index (χ1n) is 10.4. The summed E-state index contributed by atoms with van der Waals surface area (Å²) in [6.07, 6.45) is 1.54. The molecule has 2 saturated heterocycles. The Hall–Kier alpha value is -2.72. The molecule has 10 heteroatoms. The number of ether oxygens (including phenoxy) is 3. The van der Waals surface area contributed by atoms with Crippen molar-refractivity contribution in [1.29, 1.82) is 0 Å². The highest BCUT2D eigenvalue weighted by atomic mass is 32.1. The van der Waals surface area contributed by atoms with Crippen molar-refractivity contribution in [3.63, 3.8) is 0 Å². The summed E-state index contributed by atoms with van der Waals surface area (Å²) in [6, 6.07) is 5.87. The Morgan fingerprint density at radius 3 is 2.97 bits per heavy atom. The van der Waals surface area contributed by atoms with Gasteiger partial charge in [0.2, 0.25) is 5.91 Å². The van der Waals surface area contributed by atoms with Gasteiger partial charge in [0.1, 0.15) is 18.4 Å². The number of rotatable bonds is 7. The molecule has 2 aliphatic heterocycles. The van der Waals surface area contributed by atoms with Crippen LogP contribution < -0.4 is 15.4 Å². The Morgan fingerprint density at radius 2 is 2.23 bits per heavy atom. The second-order valence-corrected chi connectivity index (χ2v) is 7.63. The average molecular weight is 450 g/mol. The van der Waals surface area contributed by atoms with Gasteiger partial charge >= 0.3 is 5.97 Å². The summed E-state index contributed by atoms with van der Waals surface area (Å²) in [6.45, 7) is 3.91. The minimum absolute atomic E-state index is 0.0820. The number of carbonyl (C=O) groups excluding carboxylic acids is 3. The van der Waals surface area contributed by atoms with Crippen LogP contribution in [-0.2, 0) is 19.1 Å². The first-order chi connectivity index (χ1) is 15.0. The Bertz CT molecular complexity index is 827. The van der Waals surface area contributed by atoms with E-state index < -0.39 is 17.9 Å². The minimum Gasteiger partial charge on any atom is -0.494 e. The topological polar surface area (TPSA) is 106 Å². The largest absolute Gasteiger partial charge is 0.494 e. The summed E-state index contributed by atoms with van der Waals surface area (Å²) in [5.74, 6) is -0.695. The molecule has 2 aliphatic rings. The van der Waals surface area contributed by atoms with Gasteiger partial charge in [0, 0.05) is 25.3 Å². The van der Waals surface area contributed by atoms with E-state index in [2.05, 4.69) is 10.6 Å². The molecule has 0 saturated carbocycles. The molecule has 0 spiro atoms. The van der Waals surface area contributed by atoms with Crippen molar-refractivity contribution < 1.29 is 28.6 Å². The summed E-state index contributed by atoms with van der Waals surface area (Å²) in [5, 5.41) is 5.45. The molecule has 2 fully saturated rings. The van der Waals surface area contributed by atoms with E-state index in [1.807, 2.05) is 6.92 Å². The molecule has 2 heterocycles. The highest BCUT2D eigenvalue weighted by molar-refractivity contribution is 7.80. The Morgan fingerprint density at radius 1 is 1.39 bits per heavy atom. The van der Waals surface area contributed by atoms with Crippen molar-refractivity contribution in [2.24, 2.45) is 0 Å². The molecule has 9 nitrogen and oxygen atoms in total. The third-order valence-electron chi connectivity index (χ3n) is 5.03. The molecule has 0 radical (unpaired) electrons.